The largest absolute Gasteiger partial charge is 0.481 e. The number of carboxylic acids is 1. The van der Waals surface area contributed by atoms with Crippen molar-refractivity contribution in [2.45, 2.75) is 13.3 Å². The molecule has 0 fully saturated rings. The first-order valence-corrected chi connectivity index (χ1v) is 5.95. The zero-order valence-corrected chi connectivity index (χ0v) is 10.1. The molecular weight excluding hydrogens is 232 g/mol. The van der Waals surface area contributed by atoms with Crippen LogP contribution in [0.15, 0.2) is 0 Å². The van der Waals surface area contributed by atoms with Crippen molar-refractivity contribution < 1.29 is 19.5 Å². The molecule has 0 rings (SSSR count). The van der Waals surface area contributed by atoms with E-state index in [0.717, 1.165) is 0 Å². The zero-order chi connectivity index (χ0) is 12.6. The number of thioether (sulfide) groups is 1. The summed E-state index contributed by atoms with van der Waals surface area (Å²) in [6.07, 6.45) is 0.199. The van der Waals surface area contributed by atoms with Gasteiger partial charge in [0.2, 0.25) is 5.91 Å². The van der Waals surface area contributed by atoms with Crippen LogP contribution in [0.5, 0.6) is 0 Å². The minimum absolute atomic E-state index is 0.199. The highest BCUT2D eigenvalue weighted by molar-refractivity contribution is 7.99. The van der Waals surface area contributed by atoms with Crippen molar-refractivity contribution in [1.29, 1.82) is 0 Å². The van der Waals surface area contributed by atoms with Gasteiger partial charge in [0.05, 0.1) is 5.92 Å². The van der Waals surface area contributed by atoms with Crippen molar-refractivity contribution in [2.24, 2.45) is 5.92 Å². The third kappa shape index (κ3) is 7.10. The Morgan fingerprint density at radius 1 is 1.38 bits per heavy atom. The number of imide groups is 1. The number of nitrogens with one attached hydrogen (secondary N) is 2. The van der Waals surface area contributed by atoms with Crippen LogP contribution in [0.1, 0.15) is 13.3 Å². The summed E-state index contributed by atoms with van der Waals surface area (Å²) in [7, 11) is 1.42. The fourth-order valence-electron chi connectivity index (χ4n) is 0.748. The van der Waals surface area contributed by atoms with Gasteiger partial charge in [0, 0.05) is 25.0 Å². The van der Waals surface area contributed by atoms with Crippen LogP contribution < -0.4 is 10.6 Å². The first-order chi connectivity index (χ1) is 7.47. The van der Waals surface area contributed by atoms with E-state index in [4.69, 9.17) is 5.11 Å². The van der Waals surface area contributed by atoms with Gasteiger partial charge in [-0.3, -0.25) is 14.9 Å². The second kappa shape index (κ2) is 7.98. The van der Waals surface area contributed by atoms with Crippen LogP contribution >= 0.6 is 11.8 Å². The second-order valence-electron chi connectivity index (χ2n) is 3.19. The first kappa shape index (κ1) is 14.8. The highest BCUT2D eigenvalue weighted by atomic mass is 32.2. The fraction of sp³-hybridized carbons (Fsp3) is 0.667. The Bertz CT molecular complexity index is 270. The molecule has 0 radical (unpaired) electrons. The maximum atomic E-state index is 11.1. The van der Waals surface area contributed by atoms with Crippen LogP contribution in [0.25, 0.3) is 0 Å². The van der Waals surface area contributed by atoms with E-state index in [9.17, 15) is 14.4 Å². The number of carbonyl (C=O) groups excluding carboxylic acids is 2. The van der Waals surface area contributed by atoms with E-state index in [-0.39, 0.29) is 12.3 Å². The number of amides is 3. The van der Waals surface area contributed by atoms with E-state index in [2.05, 4.69) is 10.6 Å². The molecule has 3 amide bonds. The van der Waals surface area contributed by atoms with Crippen molar-refractivity contribution in [3.05, 3.63) is 0 Å². The molecule has 0 aliphatic carbocycles. The van der Waals surface area contributed by atoms with Gasteiger partial charge in [0.15, 0.2) is 0 Å². The number of hydrogen-bond donors (Lipinski definition) is 3. The van der Waals surface area contributed by atoms with Gasteiger partial charge in [-0.25, -0.2) is 4.79 Å². The van der Waals surface area contributed by atoms with Crippen molar-refractivity contribution in [1.82, 2.24) is 10.6 Å². The molecule has 0 spiro atoms. The van der Waals surface area contributed by atoms with Crippen LogP contribution in [-0.2, 0) is 9.59 Å². The Morgan fingerprint density at radius 2 is 2.00 bits per heavy atom. The van der Waals surface area contributed by atoms with Gasteiger partial charge in [-0.15, -0.1) is 0 Å². The van der Waals surface area contributed by atoms with Gasteiger partial charge < -0.3 is 10.4 Å². The van der Waals surface area contributed by atoms with Crippen molar-refractivity contribution in [3.8, 4) is 0 Å². The molecule has 0 saturated heterocycles. The SMILES string of the molecule is CNC(=O)NC(=O)CCSCC(C)C(=O)O. The molecule has 7 heteroatoms. The Kier molecular flexibility index (Phi) is 7.36. The molecule has 0 heterocycles. The number of carbonyl (C=O) groups is 3. The van der Waals surface area contributed by atoms with Gasteiger partial charge in [0.1, 0.15) is 0 Å². The van der Waals surface area contributed by atoms with Crippen LogP contribution in [0, 0.1) is 5.92 Å². The van der Waals surface area contributed by atoms with E-state index in [0.29, 0.717) is 11.5 Å². The van der Waals surface area contributed by atoms with E-state index >= 15 is 0 Å². The molecule has 0 aliphatic rings. The summed E-state index contributed by atoms with van der Waals surface area (Å²) in [6.45, 7) is 1.61. The van der Waals surface area contributed by atoms with Crippen LogP contribution in [0.3, 0.4) is 0 Å². The molecule has 0 aliphatic heterocycles. The minimum Gasteiger partial charge on any atom is -0.481 e. The van der Waals surface area contributed by atoms with E-state index in [1.807, 2.05) is 0 Å². The van der Waals surface area contributed by atoms with Gasteiger partial charge >= 0.3 is 12.0 Å². The minimum atomic E-state index is -0.845. The predicted molar refractivity (Wildman–Crippen MR) is 61.3 cm³/mol. The summed E-state index contributed by atoms with van der Waals surface area (Å²) in [6, 6.07) is -0.533. The maximum absolute atomic E-state index is 11.1. The summed E-state index contributed by atoms with van der Waals surface area (Å²) in [5.41, 5.74) is 0. The van der Waals surface area contributed by atoms with E-state index < -0.39 is 17.9 Å². The molecule has 0 aromatic carbocycles. The average molecular weight is 248 g/mol. The summed E-state index contributed by atoms with van der Waals surface area (Å²) >= 11 is 1.38. The van der Waals surface area contributed by atoms with E-state index in [1.165, 1.54) is 18.8 Å². The third-order valence-electron chi connectivity index (χ3n) is 1.74. The van der Waals surface area contributed by atoms with Crippen LogP contribution in [0.4, 0.5) is 4.79 Å². The quantitative estimate of drug-likeness (QED) is 0.587. The number of urea groups is 1. The Morgan fingerprint density at radius 3 is 2.50 bits per heavy atom. The topological polar surface area (TPSA) is 95.5 Å². The van der Waals surface area contributed by atoms with Crippen molar-refractivity contribution in [3.63, 3.8) is 0 Å². The summed E-state index contributed by atoms with van der Waals surface area (Å²) in [5.74, 6) is -0.674. The summed E-state index contributed by atoms with van der Waals surface area (Å²) in [5, 5.41) is 13.0. The zero-order valence-electron chi connectivity index (χ0n) is 9.28. The summed E-state index contributed by atoms with van der Waals surface area (Å²) < 4.78 is 0. The molecule has 0 aromatic heterocycles. The maximum Gasteiger partial charge on any atom is 0.321 e. The fourth-order valence-corrected chi connectivity index (χ4v) is 1.74. The van der Waals surface area contributed by atoms with Crippen LogP contribution in [0.2, 0.25) is 0 Å². The van der Waals surface area contributed by atoms with Crippen LogP contribution in [-0.4, -0.2) is 41.6 Å². The lowest BCUT2D eigenvalue weighted by Gasteiger charge is -2.05. The second-order valence-corrected chi connectivity index (χ2v) is 4.34. The molecule has 0 bridgehead atoms. The number of rotatable bonds is 6. The van der Waals surface area contributed by atoms with Gasteiger partial charge in [-0.1, -0.05) is 6.92 Å². The average Bonchev–Trinajstić information content (AvgIpc) is 2.23. The van der Waals surface area contributed by atoms with Crippen molar-refractivity contribution in [2.75, 3.05) is 18.6 Å². The predicted octanol–water partition coefficient (Wildman–Crippen LogP) is 0.286. The van der Waals surface area contributed by atoms with E-state index in [1.54, 1.807) is 6.92 Å². The lowest BCUT2D eigenvalue weighted by atomic mass is 10.2. The van der Waals surface area contributed by atoms with Gasteiger partial charge in [0.25, 0.3) is 0 Å². The Labute approximate surface area is 98.2 Å². The third-order valence-corrected chi connectivity index (χ3v) is 2.97. The molecular formula is C9H16N2O4S. The van der Waals surface area contributed by atoms with Crippen molar-refractivity contribution >= 4 is 29.7 Å². The molecule has 1 atom stereocenters. The van der Waals surface area contributed by atoms with Gasteiger partial charge in [-0.05, 0) is 0 Å². The normalized spacial score (nSPS) is 11.6. The molecule has 6 nitrogen and oxygen atoms in total. The van der Waals surface area contributed by atoms with Gasteiger partial charge in [-0.2, -0.15) is 11.8 Å². The lowest BCUT2D eigenvalue weighted by Crippen LogP contribution is -2.37. The summed E-state index contributed by atoms with van der Waals surface area (Å²) in [4.78, 5) is 32.3. The first-order valence-electron chi connectivity index (χ1n) is 4.79. The molecule has 16 heavy (non-hydrogen) atoms. The lowest BCUT2D eigenvalue weighted by molar-refractivity contribution is -0.140. The smallest absolute Gasteiger partial charge is 0.321 e. The Balaban J connectivity index is 3.55. The molecule has 92 valence electrons. The highest BCUT2D eigenvalue weighted by Gasteiger charge is 2.11. The molecule has 1 unspecified atom stereocenters. The highest BCUT2D eigenvalue weighted by Crippen LogP contribution is 2.09. The Hall–Kier alpha value is -1.24. The number of carboxylic acid groups (broad SMARTS) is 1. The number of hydrogen-bond acceptors (Lipinski definition) is 4. The standard InChI is InChI=1S/C9H16N2O4S/c1-6(8(13)14)5-16-4-3-7(12)11-9(15)10-2/h6H,3-5H2,1-2H3,(H,13,14)(H2,10,11,12,15). The molecule has 0 aromatic rings. The monoisotopic (exact) mass is 248 g/mol. The number of aliphatic carboxylic acids is 1. The molecule has 0 saturated carbocycles. The molecule has 3 N–H and O–H groups in total.